The minimum absolute atomic E-state index is 0.487. The van der Waals surface area contributed by atoms with E-state index in [1.54, 1.807) is 6.20 Å². The van der Waals surface area contributed by atoms with Gasteiger partial charge in [0.25, 0.3) is 0 Å². The van der Waals surface area contributed by atoms with Crippen molar-refractivity contribution in [3.63, 3.8) is 0 Å². The first kappa shape index (κ1) is 18.6. The van der Waals surface area contributed by atoms with Crippen LogP contribution < -0.4 is 5.32 Å². The van der Waals surface area contributed by atoms with Gasteiger partial charge in [0.1, 0.15) is 5.82 Å². The number of aryl methyl sites for hydroxylation is 2. The first-order valence-electron chi connectivity index (χ1n) is 10.1. The van der Waals surface area contributed by atoms with E-state index in [0.29, 0.717) is 5.92 Å². The molecule has 0 spiro atoms. The zero-order chi connectivity index (χ0) is 19.3. The predicted octanol–water partition coefficient (Wildman–Crippen LogP) is 4.12. The number of aromatic nitrogens is 4. The topological polar surface area (TPSA) is 58.9 Å². The largest absolute Gasteiger partial charge is 0.339 e. The molecule has 1 aliphatic rings. The van der Waals surface area contributed by atoms with Crippen molar-refractivity contribution >= 4 is 11.5 Å². The van der Waals surface area contributed by atoms with E-state index in [0.717, 1.165) is 43.2 Å². The lowest BCUT2D eigenvalue weighted by Crippen LogP contribution is -2.34. The summed E-state index contributed by atoms with van der Waals surface area (Å²) >= 11 is 0. The van der Waals surface area contributed by atoms with E-state index in [-0.39, 0.29) is 0 Å². The summed E-state index contributed by atoms with van der Waals surface area (Å²) in [6.45, 7) is 8.26. The quantitative estimate of drug-likeness (QED) is 0.701. The average Bonchev–Trinajstić information content (AvgIpc) is 3.18. The number of piperidine rings is 1. The summed E-state index contributed by atoms with van der Waals surface area (Å²) in [6.07, 6.45) is 10.3. The van der Waals surface area contributed by atoms with Crippen LogP contribution in [0, 0.1) is 6.92 Å². The van der Waals surface area contributed by atoms with Gasteiger partial charge in [-0.25, -0.2) is 4.98 Å². The number of nitrogens with zero attached hydrogens (tertiary/aromatic N) is 5. The number of pyridine rings is 2. The molecule has 1 saturated heterocycles. The summed E-state index contributed by atoms with van der Waals surface area (Å²) in [4.78, 5) is 11.7. The Bertz CT molecular complexity index is 901. The second-order valence-electron chi connectivity index (χ2n) is 7.54. The van der Waals surface area contributed by atoms with Crippen molar-refractivity contribution in [3.05, 3.63) is 65.9 Å². The number of hydrogen-bond donors (Lipinski definition) is 1. The van der Waals surface area contributed by atoms with Gasteiger partial charge in [0.15, 0.2) is 0 Å². The molecule has 0 amide bonds. The third kappa shape index (κ3) is 4.39. The highest BCUT2D eigenvalue weighted by molar-refractivity contribution is 5.57. The Morgan fingerprint density at radius 2 is 2.11 bits per heavy atom. The number of likely N-dealkylation sites (tertiary alicyclic amines) is 1. The fourth-order valence-electron chi connectivity index (χ4n) is 3.83. The van der Waals surface area contributed by atoms with Gasteiger partial charge in [0, 0.05) is 49.2 Å². The average molecular weight is 377 g/mol. The maximum absolute atomic E-state index is 4.75. The highest BCUT2D eigenvalue weighted by atomic mass is 15.3. The first-order chi connectivity index (χ1) is 13.7. The molecule has 0 radical (unpaired) electrons. The molecule has 6 heteroatoms. The fraction of sp³-hybridized carbons (Fsp3) is 0.409. The van der Waals surface area contributed by atoms with Gasteiger partial charge in [0.2, 0.25) is 0 Å². The van der Waals surface area contributed by atoms with Crippen molar-refractivity contribution in [1.82, 2.24) is 24.6 Å². The Labute approximate surface area is 166 Å². The van der Waals surface area contributed by atoms with Gasteiger partial charge in [-0.15, -0.1) is 0 Å². The molecule has 0 aromatic carbocycles. The lowest BCUT2D eigenvalue weighted by atomic mass is 9.94. The lowest BCUT2D eigenvalue weighted by Gasteiger charge is -2.32. The van der Waals surface area contributed by atoms with Gasteiger partial charge < -0.3 is 5.32 Å². The summed E-state index contributed by atoms with van der Waals surface area (Å²) in [5.74, 6) is 1.37. The number of hydrogen-bond acceptors (Lipinski definition) is 5. The lowest BCUT2D eigenvalue weighted by molar-refractivity contribution is 0.198. The van der Waals surface area contributed by atoms with Gasteiger partial charge in [0.05, 0.1) is 18.1 Å². The van der Waals surface area contributed by atoms with Crippen LogP contribution in [-0.2, 0) is 13.1 Å². The van der Waals surface area contributed by atoms with Gasteiger partial charge in [-0.2, -0.15) is 5.10 Å². The standard InChI is InChI=1S/C22H28N6/c1-3-28-15-18(12-25-28)14-27-11-5-7-19(16-27)21-9-8-20(13-24-21)26-22-17(2)6-4-10-23-22/h4,6,8-10,12-13,15,19H,3,5,7,11,14,16H2,1-2H3,(H,23,26)/t19-/m1/s1. The zero-order valence-corrected chi connectivity index (χ0v) is 16.7. The summed E-state index contributed by atoms with van der Waals surface area (Å²) < 4.78 is 1.99. The highest BCUT2D eigenvalue weighted by Crippen LogP contribution is 2.27. The van der Waals surface area contributed by atoms with Crippen molar-refractivity contribution in [2.24, 2.45) is 0 Å². The van der Waals surface area contributed by atoms with E-state index in [2.05, 4.69) is 58.5 Å². The number of nitrogens with one attached hydrogen (secondary N) is 1. The van der Waals surface area contributed by atoms with Crippen LogP contribution in [0.4, 0.5) is 11.5 Å². The van der Waals surface area contributed by atoms with Gasteiger partial charge in [-0.05, 0) is 57.0 Å². The molecule has 6 nitrogen and oxygen atoms in total. The second-order valence-corrected chi connectivity index (χ2v) is 7.54. The molecule has 1 atom stereocenters. The van der Waals surface area contributed by atoms with E-state index in [1.807, 2.05) is 23.1 Å². The van der Waals surface area contributed by atoms with Crippen LogP contribution in [0.5, 0.6) is 0 Å². The zero-order valence-electron chi connectivity index (χ0n) is 16.7. The van der Waals surface area contributed by atoms with Crippen LogP contribution >= 0.6 is 0 Å². The van der Waals surface area contributed by atoms with E-state index in [4.69, 9.17) is 4.98 Å². The molecule has 0 bridgehead atoms. The normalized spacial score (nSPS) is 17.6. The maximum Gasteiger partial charge on any atom is 0.133 e. The molecule has 0 saturated carbocycles. The smallest absolute Gasteiger partial charge is 0.133 e. The molecule has 1 fully saturated rings. The van der Waals surface area contributed by atoms with E-state index >= 15 is 0 Å². The molecule has 3 aromatic rings. The number of anilines is 2. The highest BCUT2D eigenvalue weighted by Gasteiger charge is 2.22. The summed E-state index contributed by atoms with van der Waals surface area (Å²) in [7, 11) is 0. The SMILES string of the molecule is CCn1cc(CN2CCC[C@@H](c3ccc(Nc4ncccc4C)cn3)C2)cn1. The molecule has 1 aliphatic heterocycles. The van der Waals surface area contributed by atoms with Crippen molar-refractivity contribution < 1.29 is 0 Å². The molecule has 0 aliphatic carbocycles. The fourth-order valence-corrected chi connectivity index (χ4v) is 3.83. The van der Waals surface area contributed by atoms with Crippen LogP contribution in [0.15, 0.2) is 49.1 Å². The second kappa shape index (κ2) is 8.52. The van der Waals surface area contributed by atoms with Crippen molar-refractivity contribution in [1.29, 1.82) is 0 Å². The van der Waals surface area contributed by atoms with Gasteiger partial charge >= 0.3 is 0 Å². The Hall–Kier alpha value is -2.73. The van der Waals surface area contributed by atoms with Crippen molar-refractivity contribution in [2.45, 2.75) is 45.7 Å². The monoisotopic (exact) mass is 376 g/mol. The third-order valence-electron chi connectivity index (χ3n) is 5.40. The van der Waals surface area contributed by atoms with Crippen molar-refractivity contribution in [2.75, 3.05) is 18.4 Å². The van der Waals surface area contributed by atoms with Gasteiger partial charge in [-0.3, -0.25) is 14.6 Å². The molecular formula is C22H28N6. The van der Waals surface area contributed by atoms with Crippen molar-refractivity contribution in [3.8, 4) is 0 Å². The summed E-state index contributed by atoms with van der Waals surface area (Å²) in [5.41, 5.74) is 4.57. The van der Waals surface area contributed by atoms with Crippen LogP contribution in [0.3, 0.4) is 0 Å². The van der Waals surface area contributed by atoms with Crippen LogP contribution in [-0.4, -0.2) is 37.7 Å². The predicted molar refractivity (Wildman–Crippen MR) is 112 cm³/mol. The molecule has 146 valence electrons. The Morgan fingerprint density at radius 1 is 1.18 bits per heavy atom. The Kier molecular flexibility index (Phi) is 5.67. The Balaban J connectivity index is 1.38. The molecule has 4 rings (SSSR count). The Morgan fingerprint density at radius 3 is 2.86 bits per heavy atom. The first-order valence-corrected chi connectivity index (χ1v) is 10.1. The summed E-state index contributed by atoms with van der Waals surface area (Å²) in [5, 5.41) is 7.75. The summed E-state index contributed by atoms with van der Waals surface area (Å²) in [6, 6.07) is 8.27. The minimum Gasteiger partial charge on any atom is -0.339 e. The van der Waals surface area contributed by atoms with Crippen LogP contribution in [0.25, 0.3) is 0 Å². The molecule has 3 aromatic heterocycles. The van der Waals surface area contributed by atoms with Gasteiger partial charge in [-0.1, -0.05) is 6.07 Å². The molecule has 4 heterocycles. The van der Waals surface area contributed by atoms with Crippen LogP contribution in [0.1, 0.15) is 42.5 Å². The minimum atomic E-state index is 0.487. The van der Waals surface area contributed by atoms with Crippen LogP contribution in [0.2, 0.25) is 0 Å². The molecule has 28 heavy (non-hydrogen) atoms. The molecular weight excluding hydrogens is 348 g/mol. The number of rotatable bonds is 6. The van der Waals surface area contributed by atoms with E-state index in [1.165, 1.54) is 24.1 Å². The van der Waals surface area contributed by atoms with E-state index < -0.39 is 0 Å². The van der Waals surface area contributed by atoms with E-state index in [9.17, 15) is 0 Å². The molecule has 1 N–H and O–H groups in total. The molecule has 0 unspecified atom stereocenters. The maximum atomic E-state index is 4.75. The third-order valence-corrected chi connectivity index (χ3v) is 5.40.